The van der Waals surface area contributed by atoms with E-state index in [1.807, 2.05) is 104 Å². The van der Waals surface area contributed by atoms with Crippen molar-refractivity contribution in [3.8, 4) is 0 Å². The predicted molar refractivity (Wildman–Crippen MR) is 216 cm³/mol. The summed E-state index contributed by atoms with van der Waals surface area (Å²) < 4.78 is 77.7. The SMILES string of the molecule is CCO[PH+](OCC)OCC.CCO[PH+](OCC)OCC.CCO[PH+](OCC)OCC.CCO[PH+](OCC)OCC.CCO[PH+](OCC)OCC.[Fe]. The molecule has 0 fully saturated rings. The Bertz CT molecular complexity index is 390. The summed E-state index contributed by atoms with van der Waals surface area (Å²) >= 11 is 0. The second-order valence-electron chi connectivity index (χ2n) is 7.75. The molecule has 0 aliphatic rings. The van der Waals surface area contributed by atoms with Gasteiger partial charge in [-0.3, -0.25) is 0 Å². The molecule has 0 bridgehead atoms. The summed E-state index contributed by atoms with van der Waals surface area (Å²) in [5.74, 6) is 0. The zero-order chi connectivity index (χ0) is 39.1. The van der Waals surface area contributed by atoms with Gasteiger partial charge in [0.15, 0.2) is 0 Å². The van der Waals surface area contributed by atoms with Gasteiger partial charge in [0, 0.05) is 17.1 Å². The molecule has 0 aliphatic heterocycles. The Morgan fingerprint density at radius 1 is 0.176 bits per heavy atom. The molecule has 15 nitrogen and oxygen atoms in total. The molecule has 318 valence electrons. The topological polar surface area (TPSA) is 138 Å². The van der Waals surface area contributed by atoms with Crippen LogP contribution in [0.3, 0.4) is 0 Å². The molecule has 0 amide bonds. The largest absolute Gasteiger partial charge is 0.397 e. The van der Waals surface area contributed by atoms with Crippen LogP contribution >= 0.6 is 43.0 Å². The second-order valence-corrected chi connectivity index (χ2v) is 14.6. The average molecular weight is 892 g/mol. The molecule has 0 unspecified atom stereocenters. The molecule has 51 heavy (non-hydrogen) atoms. The van der Waals surface area contributed by atoms with E-state index in [1.165, 1.54) is 0 Å². The quantitative estimate of drug-likeness (QED) is 0.0499. The van der Waals surface area contributed by atoms with Crippen molar-refractivity contribution >= 4 is 43.0 Å². The Kier molecular flexibility index (Phi) is 78.1. The minimum Gasteiger partial charge on any atom is -0.180 e. The molecule has 0 aromatic heterocycles. The van der Waals surface area contributed by atoms with Crippen LogP contribution in [0.2, 0.25) is 0 Å². The molecule has 0 rings (SSSR count). The van der Waals surface area contributed by atoms with Crippen molar-refractivity contribution in [2.75, 3.05) is 99.1 Å². The van der Waals surface area contributed by atoms with Crippen molar-refractivity contribution < 1.29 is 84.9 Å². The molecule has 0 spiro atoms. The summed E-state index contributed by atoms with van der Waals surface area (Å²) in [5, 5.41) is 0. The molecule has 0 heterocycles. The molecular weight excluding hydrogens is 811 g/mol. The summed E-state index contributed by atoms with van der Waals surface area (Å²) in [6.45, 7) is 38.9. The fraction of sp³-hybridized carbons (Fsp3) is 1.00. The van der Waals surface area contributed by atoms with E-state index < -0.39 is 43.0 Å². The van der Waals surface area contributed by atoms with Gasteiger partial charge in [0.25, 0.3) is 0 Å². The van der Waals surface area contributed by atoms with E-state index >= 15 is 0 Å². The van der Waals surface area contributed by atoms with E-state index in [2.05, 4.69) is 0 Å². The first-order chi connectivity index (χ1) is 24.2. The molecule has 21 heteroatoms. The van der Waals surface area contributed by atoms with Crippen LogP contribution < -0.4 is 0 Å². The normalized spacial score (nSPS) is 10.6. The minimum absolute atomic E-state index is 0. The van der Waals surface area contributed by atoms with Gasteiger partial charge in [-0.15, -0.1) is 0 Å². The first-order valence-corrected chi connectivity index (χ1v) is 24.1. The average Bonchev–Trinajstić information content (AvgIpc) is 3.08. The molecule has 0 atom stereocenters. The molecule has 0 saturated heterocycles. The maximum absolute atomic E-state index is 5.18. The Morgan fingerprint density at radius 3 is 0.275 bits per heavy atom. The van der Waals surface area contributed by atoms with Crippen molar-refractivity contribution in [2.45, 2.75) is 104 Å². The fourth-order valence-corrected chi connectivity index (χ4v) is 7.18. The minimum atomic E-state index is -1.40. The number of rotatable bonds is 30. The van der Waals surface area contributed by atoms with Crippen LogP contribution in [0.15, 0.2) is 0 Å². The molecule has 0 aromatic rings. The van der Waals surface area contributed by atoms with Gasteiger partial charge in [-0.2, -0.15) is 67.9 Å². The second kappa shape index (κ2) is 61.3. The fourth-order valence-electron chi connectivity index (χ4n) is 2.39. The van der Waals surface area contributed by atoms with Crippen LogP contribution in [0.5, 0.6) is 0 Å². The van der Waals surface area contributed by atoms with Gasteiger partial charge < -0.3 is 0 Å². The number of hydrogen-bond donors (Lipinski definition) is 0. The van der Waals surface area contributed by atoms with Crippen molar-refractivity contribution in [2.24, 2.45) is 0 Å². The van der Waals surface area contributed by atoms with Crippen LogP contribution in [0.25, 0.3) is 0 Å². The Hall–Kier alpha value is 2.07. The maximum atomic E-state index is 5.18. The third-order valence-electron chi connectivity index (χ3n) is 3.93. The van der Waals surface area contributed by atoms with E-state index in [1.54, 1.807) is 0 Å². The Labute approximate surface area is 329 Å². The Morgan fingerprint density at radius 2 is 0.235 bits per heavy atom. The van der Waals surface area contributed by atoms with Crippen LogP contribution in [0, 0.1) is 0 Å². The molecule has 0 aliphatic carbocycles. The standard InChI is InChI=1S/5C6H16O3P.Fe/c5*1-4-7-10(8-5-2)9-6-3;/h5*10H,4-6H2,1-3H3;/q5*+1;. The monoisotopic (exact) mass is 891 g/mol. The smallest absolute Gasteiger partial charge is 0.180 e. The third kappa shape index (κ3) is 58.9. The summed E-state index contributed by atoms with van der Waals surface area (Å²) in [5.41, 5.74) is 0. The summed E-state index contributed by atoms with van der Waals surface area (Å²) in [7, 11) is -6.99. The summed E-state index contributed by atoms with van der Waals surface area (Å²) in [4.78, 5) is 0. The van der Waals surface area contributed by atoms with Crippen LogP contribution in [-0.2, 0) is 84.9 Å². The maximum Gasteiger partial charge on any atom is 0.397 e. The van der Waals surface area contributed by atoms with Crippen LogP contribution in [-0.4, -0.2) is 99.1 Å². The first-order valence-electron chi connectivity index (χ1n) is 18.0. The molecule has 0 N–H and O–H groups in total. The van der Waals surface area contributed by atoms with Gasteiger partial charge >= 0.3 is 43.0 Å². The zero-order valence-electron chi connectivity index (χ0n) is 34.6. The molecule has 0 radical (unpaired) electrons. The van der Waals surface area contributed by atoms with Crippen LogP contribution in [0.4, 0.5) is 0 Å². The van der Waals surface area contributed by atoms with E-state index in [9.17, 15) is 0 Å². The Balaban J connectivity index is -0.000000123. The van der Waals surface area contributed by atoms with E-state index in [0.29, 0.717) is 99.1 Å². The van der Waals surface area contributed by atoms with E-state index in [-0.39, 0.29) is 17.1 Å². The molecule has 0 aromatic carbocycles. The van der Waals surface area contributed by atoms with Gasteiger partial charge in [-0.25, -0.2) is 0 Å². The van der Waals surface area contributed by atoms with Crippen molar-refractivity contribution in [3.05, 3.63) is 0 Å². The van der Waals surface area contributed by atoms with Crippen molar-refractivity contribution in [3.63, 3.8) is 0 Å². The summed E-state index contributed by atoms with van der Waals surface area (Å²) in [6.07, 6.45) is 0. The third-order valence-corrected chi connectivity index (χ3v) is 11.8. The van der Waals surface area contributed by atoms with Crippen LogP contribution in [0.1, 0.15) is 104 Å². The van der Waals surface area contributed by atoms with Gasteiger partial charge in [-0.1, -0.05) is 0 Å². The molecule has 0 saturated carbocycles. The first kappa shape index (κ1) is 64.9. The van der Waals surface area contributed by atoms with Gasteiger partial charge in [0.2, 0.25) is 0 Å². The van der Waals surface area contributed by atoms with E-state index in [0.717, 1.165) is 0 Å². The zero-order valence-corrected chi connectivity index (χ0v) is 40.7. The van der Waals surface area contributed by atoms with Crippen molar-refractivity contribution in [1.29, 1.82) is 0 Å². The number of hydrogen-bond acceptors (Lipinski definition) is 15. The summed E-state index contributed by atoms with van der Waals surface area (Å²) in [6, 6.07) is 0. The van der Waals surface area contributed by atoms with Gasteiger partial charge in [0.1, 0.15) is 0 Å². The predicted octanol–water partition coefficient (Wildman–Crippen LogP) is 10.3. The van der Waals surface area contributed by atoms with Crippen molar-refractivity contribution in [1.82, 2.24) is 0 Å². The van der Waals surface area contributed by atoms with Gasteiger partial charge in [-0.05, 0) is 104 Å². The van der Waals surface area contributed by atoms with E-state index in [4.69, 9.17) is 67.9 Å². The molecular formula is C30H80FeO15P5+5. The van der Waals surface area contributed by atoms with Gasteiger partial charge in [0.05, 0.1) is 99.1 Å².